The van der Waals surface area contributed by atoms with Gasteiger partial charge in [0, 0.05) is 26.8 Å². The predicted octanol–water partition coefficient (Wildman–Crippen LogP) is 0.798. The number of fused-ring (bicyclic) bond motifs is 1. The topological polar surface area (TPSA) is 93.0 Å². The van der Waals surface area contributed by atoms with E-state index in [0.717, 1.165) is 43.8 Å². The molecule has 1 fully saturated rings. The minimum atomic E-state index is 0.269. The molecular formula is C12H18N6O. The molecule has 1 aliphatic rings. The van der Waals surface area contributed by atoms with Crippen molar-refractivity contribution in [1.82, 2.24) is 20.2 Å². The molecule has 0 bridgehead atoms. The molecule has 2 aromatic rings. The Hall–Kier alpha value is -1.89. The summed E-state index contributed by atoms with van der Waals surface area (Å²) in [5.74, 6) is 1.74. The van der Waals surface area contributed by atoms with E-state index >= 15 is 0 Å². The molecule has 0 spiro atoms. The average molecular weight is 262 g/mol. The van der Waals surface area contributed by atoms with Gasteiger partial charge in [-0.2, -0.15) is 15.1 Å². The molecular weight excluding hydrogens is 244 g/mol. The third-order valence-corrected chi connectivity index (χ3v) is 3.54. The molecule has 1 saturated heterocycles. The summed E-state index contributed by atoms with van der Waals surface area (Å²) >= 11 is 0. The predicted molar refractivity (Wildman–Crippen MR) is 72.9 cm³/mol. The lowest BCUT2D eigenvalue weighted by atomic mass is 10.00. The van der Waals surface area contributed by atoms with Crippen molar-refractivity contribution in [2.24, 2.45) is 5.92 Å². The average Bonchev–Trinajstić information content (AvgIpc) is 2.86. The van der Waals surface area contributed by atoms with Gasteiger partial charge in [-0.05, 0) is 18.8 Å². The third kappa shape index (κ3) is 2.46. The van der Waals surface area contributed by atoms with E-state index in [-0.39, 0.29) is 5.95 Å². The largest absolute Gasteiger partial charge is 0.381 e. The van der Waals surface area contributed by atoms with E-state index in [9.17, 15) is 0 Å². The number of ether oxygens (including phenoxy) is 1. The smallest absolute Gasteiger partial charge is 0.224 e. The van der Waals surface area contributed by atoms with Crippen molar-refractivity contribution in [3.8, 4) is 0 Å². The highest BCUT2D eigenvalue weighted by molar-refractivity contribution is 5.87. The fraction of sp³-hybridized carbons (Fsp3) is 0.583. The van der Waals surface area contributed by atoms with Crippen molar-refractivity contribution in [3.63, 3.8) is 0 Å². The number of aromatic amines is 1. The van der Waals surface area contributed by atoms with Crippen LogP contribution in [0.3, 0.4) is 0 Å². The quantitative estimate of drug-likeness (QED) is 0.849. The molecule has 1 aliphatic heterocycles. The van der Waals surface area contributed by atoms with E-state index in [2.05, 4.69) is 25.1 Å². The number of hydrogen-bond acceptors (Lipinski definition) is 6. The van der Waals surface area contributed by atoms with Gasteiger partial charge in [0.15, 0.2) is 5.65 Å². The number of nitrogens with zero attached hydrogens (tertiary/aromatic N) is 4. The molecule has 0 amide bonds. The van der Waals surface area contributed by atoms with Crippen LogP contribution in [-0.2, 0) is 4.74 Å². The molecule has 0 radical (unpaired) electrons. The van der Waals surface area contributed by atoms with Gasteiger partial charge in [-0.1, -0.05) is 0 Å². The number of nitrogen functional groups attached to an aromatic ring is 1. The van der Waals surface area contributed by atoms with Gasteiger partial charge in [-0.25, -0.2) is 0 Å². The minimum absolute atomic E-state index is 0.269. The van der Waals surface area contributed by atoms with Crippen LogP contribution in [0.5, 0.6) is 0 Å². The van der Waals surface area contributed by atoms with Crippen LogP contribution in [0.1, 0.15) is 12.8 Å². The lowest BCUT2D eigenvalue weighted by molar-refractivity contribution is 0.0685. The van der Waals surface area contributed by atoms with Gasteiger partial charge >= 0.3 is 0 Å². The van der Waals surface area contributed by atoms with E-state index in [1.165, 1.54) is 0 Å². The molecule has 2 aromatic heterocycles. The minimum Gasteiger partial charge on any atom is -0.381 e. The zero-order valence-electron chi connectivity index (χ0n) is 11.0. The van der Waals surface area contributed by atoms with Crippen molar-refractivity contribution in [3.05, 3.63) is 6.20 Å². The van der Waals surface area contributed by atoms with E-state index in [1.54, 1.807) is 6.20 Å². The van der Waals surface area contributed by atoms with Crippen molar-refractivity contribution < 1.29 is 4.74 Å². The summed E-state index contributed by atoms with van der Waals surface area (Å²) in [5.41, 5.74) is 6.42. The maximum Gasteiger partial charge on any atom is 0.224 e. The third-order valence-electron chi connectivity index (χ3n) is 3.54. The molecule has 102 valence electrons. The van der Waals surface area contributed by atoms with Gasteiger partial charge in [0.1, 0.15) is 5.82 Å². The Morgan fingerprint density at radius 3 is 3.00 bits per heavy atom. The molecule has 3 heterocycles. The lowest BCUT2D eigenvalue weighted by Crippen LogP contribution is -2.30. The summed E-state index contributed by atoms with van der Waals surface area (Å²) in [6.45, 7) is 2.65. The van der Waals surface area contributed by atoms with Crippen LogP contribution in [0.25, 0.3) is 11.0 Å². The molecule has 0 atom stereocenters. The first-order chi connectivity index (χ1) is 9.24. The first-order valence-electron chi connectivity index (χ1n) is 6.49. The molecule has 0 aromatic carbocycles. The summed E-state index contributed by atoms with van der Waals surface area (Å²) in [4.78, 5) is 10.6. The Morgan fingerprint density at radius 1 is 1.42 bits per heavy atom. The van der Waals surface area contributed by atoms with Crippen LogP contribution in [0.15, 0.2) is 6.20 Å². The Labute approximate surface area is 111 Å². The van der Waals surface area contributed by atoms with Gasteiger partial charge in [-0.3, -0.25) is 5.10 Å². The van der Waals surface area contributed by atoms with Crippen LogP contribution in [0.4, 0.5) is 11.8 Å². The number of rotatable bonds is 3. The van der Waals surface area contributed by atoms with Gasteiger partial charge in [-0.15, -0.1) is 0 Å². The number of nitrogens with one attached hydrogen (secondary N) is 1. The van der Waals surface area contributed by atoms with Crippen LogP contribution in [-0.4, -0.2) is 47.0 Å². The summed E-state index contributed by atoms with van der Waals surface area (Å²) in [5, 5.41) is 7.74. The molecule has 0 unspecified atom stereocenters. The summed E-state index contributed by atoms with van der Waals surface area (Å²) in [6.07, 6.45) is 3.93. The molecule has 0 saturated carbocycles. The number of nitrogens with two attached hydrogens (primary N) is 1. The second kappa shape index (κ2) is 5.00. The van der Waals surface area contributed by atoms with Crippen molar-refractivity contribution in [2.45, 2.75) is 12.8 Å². The van der Waals surface area contributed by atoms with Gasteiger partial charge in [0.25, 0.3) is 0 Å². The van der Waals surface area contributed by atoms with E-state index in [0.29, 0.717) is 11.6 Å². The Bertz CT molecular complexity index is 562. The van der Waals surface area contributed by atoms with E-state index in [4.69, 9.17) is 10.5 Å². The monoisotopic (exact) mass is 262 g/mol. The molecule has 19 heavy (non-hydrogen) atoms. The second-order valence-electron chi connectivity index (χ2n) is 4.97. The van der Waals surface area contributed by atoms with Gasteiger partial charge in [0.05, 0.1) is 11.6 Å². The highest BCUT2D eigenvalue weighted by atomic mass is 16.5. The fourth-order valence-electron chi connectivity index (χ4n) is 2.53. The maximum atomic E-state index is 5.74. The Kier molecular flexibility index (Phi) is 3.20. The maximum absolute atomic E-state index is 5.74. The standard InChI is InChI=1S/C12H18N6O/c1-18(7-8-2-4-19-5-3-8)11-9-6-14-17-10(9)15-12(13)16-11/h6,8H,2-5,7H2,1H3,(H3,13,14,15,16,17). The number of anilines is 2. The summed E-state index contributed by atoms with van der Waals surface area (Å²) < 4.78 is 5.38. The normalized spacial score (nSPS) is 16.9. The zero-order chi connectivity index (χ0) is 13.2. The molecule has 3 N–H and O–H groups in total. The first-order valence-corrected chi connectivity index (χ1v) is 6.49. The Balaban J connectivity index is 1.83. The highest BCUT2D eigenvalue weighted by Gasteiger charge is 2.19. The van der Waals surface area contributed by atoms with Crippen LogP contribution >= 0.6 is 0 Å². The lowest BCUT2D eigenvalue weighted by Gasteiger charge is -2.28. The second-order valence-corrected chi connectivity index (χ2v) is 4.97. The fourth-order valence-corrected chi connectivity index (χ4v) is 2.53. The summed E-state index contributed by atoms with van der Waals surface area (Å²) in [7, 11) is 2.03. The molecule has 7 heteroatoms. The van der Waals surface area contributed by atoms with Crippen molar-refractivity contribution in [1.29, 1.82) is 0 Å². The van der Waals surface area contributed by atoms with Gasteiger partial charge in [0.2, 0.25) is 5.95 Å². The number of aromatic nitrogens is 4. The summed E-state index contributed by atoms with van der Waals surface area (Å²) in [6, 6.07) is 0. The van der Waals surface area contributed by atoms with Crippen LogP contribution < -0.4 is 10.6 Å². The first kappa shape index (κ1) is 12.2. The molecule has 7 nitrogen and oxygen atoms in total. The Morgan fingerprint density at radius 2 is 2.21 bits per heavy atom. The van der Waals surface area contributed by atoms with E-state index in [1.807, 2.05) is 7.05 Å². The highest BCUT2D eigenvalue weighted by Crippen LogP contribution is 2.24. The molecule has 3 rings (SSSR count). The zero-order valence-corrected chi connectivity index (χ0v) is 11.0. The van der Waals surface area contributed by atoms with Crippen molar-refractivity contribution >= 4 is 22.8 Å². The number of H-pyrrole nitrogens is 1. The van der Waals surface area contributed by atoms with E-state index < -0.39 is 0 Å². The van der Waals surface area contributed by atoms with Gasteiger partial charge < -0.3 is 15.4 Å². The number of hydrogen-bond donors (Lipinski definition) is 2. The molecule has 0 aliphatic carbocycles. The van der Waals surface area contributed by atoms with Crippen LogP contribution in [0.2, 0.25) is 0 Å². The van der Waals surface area contributed by atoms with Crippen LogP contribution in [0, 0.1) is 5.92 Å². The van der Waals surface area contributed by atoms with Crippen molar-refractivity contribution in [2.75, 3.05) is 37.4 Å². The SMILES string of the molecule is CN(CC1CCOCC1)c1nc(N)nc2[nH]ncc12.